The number of carboxylic acids is 1. The SMILES string of the molecule is CCC(C)(C)c1ccc(OCC(=O)c2nc(C(=O)[O-])cs2)cc1. The highest BCUT2D eigenvalue weighted by Gasteiger charge is 2.18. The summed E-state index contributed by atoms with van der Waals surface area (Å²) >= 11 is 0.968. The maximum Gasteiger partial charge on any atom is 0.228 e. The van der Waals surface area contributed by atoms with Crippen LogP contribution >= 0.6 is 11.3 Å². The molecule has 0 amide bonds. The highest BCUT2D eigenvalue weighted by atomic mass is 32.1. The fourth-order valence-corrected chi connectivity index (χ4v) is 2.63. The summed E-state index contributed by atoms with van der Waals surface area (Å²) in [6.07, 6.45) is 1.02. The predicted molar refractivity (Wildman–Crippen MR) is 86.0 cm³/mol. The van der Waals surface area contributed by atoms with Crippen molar-refractivity contribution in [3.8, 4) is 5.75 Å². The zero-order valence-electron chi connectivity index (χ0n) is 13.3. The zero-order chi connectivity index (χ0) is 17.0. The first kappa shape index (κ1) is 17.1. The van der Waals surface area contributed by atoms with Gasteiger partial charge in [0.05, 0.1) is 11.7 Å². The van der Waals surface area contributed by atoms with Gasteiger partial charge < -0.3 is 14.6 Å². The summed E-state index contributed by atoms with van der Waals surface area (Å²) in [6.45, 7) is 6.29. The van der Waals surface area contributed by atoms with Crippen LogP contribution in [-0.2, 0) is 5.41 Å². The van der Waals surface area contributed by atoms with Crippen LogP contribution in [0.1, 0.15) is 53.0 Å². The Morgan fingerprint density at radius 1 is 1.26 bits per heavy atom. The largest absolute Gasteiger partial charge is 0.543 e. The first-order chi connectivity index (χ1) is 10.8. The number of ether oxygens (including phenoxy) is 1. The summed E-state index contributed by atoms with van der Waals surface area (Å²) in [4.78, 5) is 26.3. The summed E-state index contributed by atoms with van der Waals surface area (Å²) in [5.41, 5.74) is 1.07. The molecule has 0 saturated heterocycles. The van der Waals surface area contributed by atoms with Gasteiger partial charge in [-0.3, -0.25) is 4.79 Å². The standard InChI is InChI=1S/C17H19NO4S/c1-4-17(2,3)11-5-7-12(8-6-11)22-9-14(19)15-18-13(10-23-15)16(20)21/h5-8,10H,4,9H2,1-3H3,(H,20,21)/p-1. The minimum absolute atomic E-state index is 0.0938. The molecule has 0 spiro atoms. The highest BCUT2D eigenvalue weighted by Crippen LogP contribution is 2.28. The highest BCUT2D eigenvalue weighted by molar-refractivity contribution is 7.12. The molecule has 2 rings (SSSR count). The average molecular weight is 332 g/mol. The Labute approximate surface area is 138 Å². The molecule has 1 aromatic carbocycles. The van der Waals surface area contributed by atoms with Crippen molar-refractivity contribution in [3.63, 3.8) is 0 Å². The van der Waals surface area contributed by atoms with E-state index in [1.54, 1.807) is 0 Å². The van der Waals surface area contributed by atoms with Gasteiger partial charge in [0.2, 0.25) is 5.78 Å². The normalized spacial score (nSPS) is 11.3. The number of ketones is 1. The summed E-state index contributed by atoms with van der Waals surface area (Å²) < 4.78 is 5.45. The lowest BCUT2D eigenvalue weighted by atomic mass is 9.82. The second-order valence-corrected chi connectivity index (χ2v) is 6.66. The van der Waals surface area contributed by atoms with Gasteiger partial charge in [-0.15, -0.1) is 11.3 Å². The van der Waals surface area contributed by atoms with E-state index in [4.69, 9.17) is 4.74 Å². The molecule has 0 bridgehead atoms. The van der Waals surface area contributed by atoms with E-state index in [-0.39, 0.29) is 28.5 Å². The Bertz CT molecular complexity index is 704. The monoisotopic (exact) mass is 332 g/mol. The minimum atomic E-state index is -1.39. The number of aromatic carboxylic acids is 1. The van der Waals surface area contributed by atoms with Gasteiger partial charge in [0, 0.05) is 5.38 Å². The number of nitrogens with zero attached hydrogens (tertiary/aromatic N) is 1. The summed E-state index contributed by atoms with van der Waals surface area (Å²) in [6, 6.07) is 7.63. The van der Waals surface area contributed by atoms with Crippen LogP contribution in [0.15, 0.2) is 29.6 Å². The lowest BCUT2D eigenvalue weighted by molar-refractivity contribution is -0.255. The van der Waals surface area contributed by atoms with E-state index in [9.17, 15) is 14.7 Å². The van der Waals surface area contributed by atoms with Gasteiger partial charge in [0.25, 0.3) is 0 Å². The Morgan fingerprint density at radius 3 is 2.43 bits per heavy atom. The van der Waals surface area contributed by atoms with Gasteiger partial charge in [-0.05, 0) is 29.5 Å². The molecule has 0 atom stereocenters. The molecule has 0 N–H and O–H groups in total. The molecule has 1 heterocycles. The molecule has 5 nitrogen and oxygen atoms in total. The third-order valence-electron chi connectivity index (χ3n) is 3.84. The fourth-order valence-electron chi connectivity index (χ4n) is 1.91. The van der Waals surface area contributed by atoms with Crippen molar-refractivity contribution in [1.82, 2.24) is 4.98 Å². The Hall–Kier alpha value is -2.21. The zero-order valence-corrected chi connectivity index (χ0v) is 14.1. The number of carbonyl (C=O) groups excluding carboxylic acids is 2. The number of rotatable bonds is 7. The van der Waals surface area contributed by atoms with Gasteiger partial charge in [0.15, 0.2) is 11.6 Å². The van der Waals surface area contributed by atoms with Crippen LogP contribution in [-0.4, -0.2) is 23.3 Å². The van der Waals surface area contributed by atoms with Crippen molar-refractivity contribution >= 4 is 23.1 Å². The van der Waals surface area contributed by atoms with Gasteiger partial charge in [0.1, 0.15) is 5.75 Å². The van der Waals surface area contributed by atoms with Crippen LogP contribution in [0.4, 0.5) is 0 Å². The van der Waals surface area contributed by atoms with Gasteiger partial charge in [-0.1, -0.05) is 32.9 Å². The molecule has 0 aliphatic heterocycles. The molecule has 0 aliphatic rings. The first-order valence-electron chi connectivity index (χ1n) is 7.27. The first-order valence-corrected chi connectivity index (χ1v) is 8.15. The van der Waals surface area contributed by atoms with Crippen molar-refractivity contribution in [2.24, 2.45) is 0 Å². The van der Waals surface area contributed by atoms with E-state index in [0.717, 1.165) is 17.8 Å². The molecular formula is C17H18NO4S-. The average Bonchev–Trinajstić information content (AvgIpc) is 3.03. The molecule has 6 heteroatoms. The smallest absolute Gasteiger partial charge is 0.228 e. The van der Waals surface area contributed by atoms with E-state index >= 15 is 0 Å². The van der Waals surface area contributed by atoms with Gasteiger partial charge in [-0.2, -0.15) is 0 Å². The minimum Gasteiger partial charge on any atom is -0.543 e. The molecular weight excluding hydrogens is 314 g/mol. The van der Waals surface area contributed by atoms with Crippen LogP contribution in [0.5, 0.6) is 5.75 Å². The summed E-state index contributed by atoms with van der Waals surface area (Å²) in [5, 5.41) is 12.0. The van der Waals surface area contributed by atoms with E-state index in [0.29, 0.717) is 5.75 Å². The fraction of sp³-hybridized carbons (Fsp3) is 0.353. The molecule has 1 aromatic heterocycles. The number of hydrogen-bond donors (Lipinski definition) is 0. The molecule has 23 heavy (non-hydrogen) atoms. The molecule has 0 fully saturated rings. The second-order valence-electron chi connectivity index (χ2n) is 5.80. The van der Waals surface area contributed by atoms with E-state index in [1.807, 2.05) is 24.3 Å². The quantitative estimate of drug-likeness (QED) is 0.728. The third-order valence-corrected chi connectivity index (χ3v) is 4.72. The van der Waals surface area contributed by atoms with Crippen molar-refractivity contribution in [2.45, 2.75) is 32.6 Å². The van der Waals surface area contributed by atoms with Crippen LogP contribution in [0.25, 0.3) is 0 Å². The van der Waals surface area contributed by atoms with Crippen molar-refractivity contribution in [3.05, 3.63) is 45.9 Å². The number of thiazole rings is 1. The van der Waals surface area contributed by atoms with Crippen LogP contribution in [0.2, 0.25) is 0 Å². The van der Waals surface area contributed by atoms with Crippen LogP contribution in [0.3, 0.4) is 0 Å². The number of carbonyl (C=O) groups is 2. The van der Waals surface area contributed by atoms with Crippen molar-refractivity contribution < 1.29 is 19.4 Å². The van der Waals surface area contributed by atoms with E-state index < -0.39 is 5.97 Å². The van der Waals surface area contributed by atoms with Crippen LogP contribution in [0, 0.1) is 0 Å². The Kier molecular flexibility index (Phi) is 5.15. The van der Waals surface area contributed by atoms with Crippen LogP contribution < -0.4 is 9.84 Å². The number of aromatic nitrogens is 1. The van der Waals surface area contributed by atoms with Gasteiger partial charge in [-0.25, -0.2) is 4.98 Å². The second kappa shape index (κ2) is 6.91. The maximum atomic E-state index is 11.9. The van der Waals surface area contributed by atoms with Gasteiger partial charge >= 0.3 is 0 Å². The molecule has 0 radical (unpaired) electrons. The van der Waals surface area contributed by atoms with Crippen molar-refractivity contribution in [2.75, 3.05) is 6.61 Å². The van der Waals surface area contributed by atoms with E-state index in [2.05, 4.69) is 25.8 Å². The molecule has 2 aromatic rings. The number of carboxylic acid groups (broad SMARTS) is 1. The lowest BCUT2D eigenvalue weighted by Crippen LogP contribution is -2.23. The maximum absolute atomic E-state index is 11.9. The summed E-state index contributed by atoms with van der Waals surface area (Å²) in [5.74, 6) is -1.17. The summed E-state index contributed by atoms with van der Waals surface area (Å²) in [7, 11) is 0. The number of hydrogen-bond acceptors (Lipinski definition) is 6. The topological polar surface area (TPSA) is 79.3 Å². The molecule has 0 aliphatic carbocycles. The Morgan fingerprint density at radius 2 is 1.91 bits per heavy atom. The number of benzene rings is 1. The molecule has 122 valence electrons. The number of Topliss-reactive ketones (excluding diaryl/α,β-unsaturated/α-hetero) is 1. The predicted octanol–water partition coefficient (Wildman–Crippen LogP) is 2.46. The van der Waals surface area contributed by atoms with E-state index in [1.165, 1.54) is 10.9 Å². The lowest BCUT2D eigenvalue weighted by Gasteiger charge is -2.23. The van der Waals surface area contributed by atoms with Crippen molar-refractivity contribution in [1.29, 1.82) is 0 Å². The Balaban J connectivity index is 1.97. The molecule has 0 saturated carbocycles. The third kappa shape index (κ3) is 4.16. The molecule has 0 unspecified atom stereocenters.